The van der Waals surface area contributed by atoms with Gasteiger partial charge in [0.25, 0.3) is 0 Å². The van der Waals surface area contributed by atoms with Gasteiger partial charge in [-0.05, 0) is 40.5 Å². The molecule has 5 nitrogen and oxygen atoms in total. The van der Waals surface area contributed by atoms with Crippen molar-refractivity contribution >= 4 is 35.8 Å². The first-order valence-electron chi connectivity index (χ1n) is 4.73. The van der Waals surface area contributed by atoms with Crippen molar-refractivity contribution in [3.05, 3.63) is 22.7 Å². The van der Waals surface area contributed by atoms with Crippen LogP contribution in [0.3, 0.4) is 0 Å². The Labute approximate surface area is 109 Å². The van der Waals surface area contributed by atoms with Gasteiger partial charge in [-0.15, -0.1) is 0 Å². The third kappa shape index (κ3) is 3.51. The molecule has 2 N–H and O–H groups in total. The van der Waals surface area contributed by atoms with Gasteiger partial charge in [0, 0.05) is 4.47 Å². The minimum Gasteiger partial charge on any atom is -0.225 e. The summed E-state index contributed by atoms with van der Waals surface area (Å²) in [7, 11) is -7.39. The number of rotatable bonds is 4. The fourth-order valence-corrected chi connectivity index (χ4v) is 4.31. The fourth-order valence-electron chi connectivity index (χ4n) is 1.28. The summed E-state index contributed by atoms with van der Waals surface area (Å²) in [6.07, 6.45) is 0.453. The summed E-state index contributed by atoms with van der Waals surface area (Å²) in [4.78, 5) is -0.263. The minimum atomic E-state index is -3.90. The maximum Gasteiger partial charge on any atom is 0.238 e. The van der Waals surface area contributed by atoms with Crippen LogP contribution in [0.4, 0.5) is 0 Å². The molecular formula is C9H12BrNO4S2. The fraction of sp³-hybridized carbons (Fsp3) is 0.333. The second-order valence-corrected chi connectivity index (χ2v) is 7.95. The van der Waals surface area contributed by atoms with Gasteiger partial charge in [-0.25, -0.2) is 22.0 Å². The van der Waals surface area contributed by atoms with Crippen LogP contribution in [0, 0.1) is 0 Å². The van der Waals surface area contributed by atoms with Gasteiger partial charge in [0.1, 0.15) is 0 Å². The van der Waals surface area contributed by atoms with E-state index in [9.17, 15) is 16.8 Å². The van der Waals surface area contributed by atoms with E-state index in [2.05, 4.69) is 15.9 Å². The summed E-state index contributed by atoms with van der Waals surface area (Å²) in [5, 5.41) is 4.96. The lowest BCUT2D eigenvalue weighted by molar-refractivity contribution is 0.593. The van der Waals surface area contributed by atoms with E-state index in [0.29, 0.717) is 10.9 Å². The molecule has 0 fully saturated rings. The second-order valence-electron chi connectivity index (χ2n) is 3.46. The zero-order chi connectivity index (χ0) is 13.3. The molecule has 0 heterocycles. The first-order chi connectivity index (χ1) is 7.68. The van der Waals surface area contributed by atoms with E-state index in [4.69, 9.17) is 5.14 Å². The number of benzene rings is 1. The predicted molar refractivity (Wildman–Crippen MR) is 67.9 cm³/mol. The maximum atomic E-state index is 11.9. The molecule has 0 aliphatic carbocycles. The lowest BCUT2D eigenvalue weighted by atomic mass is 10.4. The van der Waals surface area contributed by atoms with Gasteiger partial charge in [-0.3, -0.25) is 0 Å². The van der Waals surface area contributed by atoms with E-state index >= 15 is 0 Å². The van der Waals surface area contributed by atoms with Gasteiger partial charge in [0.05, 0.1) is 15.5 Å². The molecule has 0 aliphatic heterocycles. The summed E-state index contributed by atoms with van der Waals surface area (Å²) >= 11 is 3.09. The predicted octanol–water partition coefficient (Wildman–Crippen LogP) is 1.28. The molecular weight excluding hydrogens is 330 g/mol. The summed E-state index contributed by atoms with van der Waals surface area (Å²) in [6.45, 7) is 1.73. The largest absolute Gasteiger partial charge is 0.238 e. The molecule has 0 unspecified atom stereocenters. The maximum absolute atomic E-state index is 11.9. The van der Waals surface area contributed by atoms with E-state index in [0.717, 1.165) is 6.07 Å². The van der Waals surface area contributed by atoms with Gasteiger partial charge >= 0.3 is 0 Å². The molecule has 17 heavy (non-hydrogen) atoms. The van der Waals surface area contributed by atoms with Crippen LogP contribution in [-0.2, 0) is 19.9 Å². The second kappa shape index (κ2) is 5.05. The van der Waals surface area contributed by atoms with Crippen LogP contribution in [0.15, 0.2) is 32.5 Å². The van der Waals surface area contributed by atoms with Crippen LogP contribution < -0.4 is 5.14 Å². The Morgan fingerprint density at radius 3 is 2.29 bits per heavy atom. The number of primary sulfonamides is 1. The lowest BCUT2D eigenvalue weighted by Gasteiger charge is -2.07. The first-order valence-corrected chi connectivity index (χ1v) is 8.72. The molecule has 0 aromatic heterocycles. The number of sulfone groups is 1. The van der Waals surface area contributed by atoms with Crippen LogP contribution in [-0.4, -0.2) is 22.6 Å². The van der Waals surface area contributed by atoms with Gasteiger partial charge < -0.3 is 0 Å². The molecule has 0 saturated carbocycles. The van der Waals surface area contributed by atoms with Crippen molar-refractivity contribution in [2.24, 2.45) is 5.14 Å². The normalized spacial score (nSPS) is 12.6. The standard InChI is InChI=1S/C9H12BrNO4S2/c1-2-5-16(12,13)9-6-7(17(11,14)15)3-4-8(9)10/h3-4,6H,2,5H2,1H3,(H2,11,14,15). The van der Waals surface area contributed by atoms with Crippen LogP contribution in [0.5, 0.6) is 0 Å². The molecule has 1 aromatic carbocycles. The van der Waals surface area contributed by atoms with E-state index in [-0.39, 0.29) is 15.5 Å². The van der Waals surface area contributed by atoms with Gasteiger partial charge in [-0.1, -0.05) is 6.92 Å². The summed E-state index contributed by atoms with van der Waals surface area (Å²) < 4.78 is 46.4. The highest BCUT2D eigenvalue weighted by Crippen LogP contribution is 2.26. The third-order valence-electron chi connectivity index (χ3n) is 2.04. The smallest absolute Gasteiger partial charge is 0.225 e. The molecule has 0 amide bonds. The van der Waals surface area contributed by atoms with Crippen LogP contribution in [0.2, 0.25) is 0 Å². The summed E-state index contributed by atoms with van der Waals surface area (Å²) in [5.74, 6) is -0.0420. The summed E-state index contributed by atoms with van der Waals surface area (Å²) in [6, 6.07) is 3.69. The molecule has 0 bridgehead atoms. The summed E-state index contributed by atoms with van der Waals surface area (Å²) in [5.41, 5.74) is 0. The highest BCUT2D eigenvalue weighted by molar-refractivity contribution is 9.10. The third-order valence-corrected chi connectivity index (χ3v) is 5.86. The number of halogens is 1. The van der Waals surface area contributed by atoms with Crippen molar-refractivity contribution in [2.75, 3.05) is 5.75 Å². The van der Waals surface area contributed by atoms with Crippen LogP contribution in [0.25, 0.3) is 0 Å². The zero-order valence-corrected chi connectivity index (χ0v) is 12.3. The Kier molecular flexibility index (Phi) is 4.34. The molecule has 0 saturated heterocycles. The minimum absolute atomic E-state index is 0.0420. The van der Waals surface area contributed by atoms with Crippen molar-refractivity contribution in [3.63, 3.8) is 0 Å². The quantitative estimate of drug-likeness (QED) is 0.892. The SMILES string of the molecule is CCCS(=O)(=O)c1cc(S(N)(=O)=O)ccc1Br. The van der Waals surface area contributed by atoms with Crippen LogP contribution >= 0.6 is 15.9 Å². The number of nitrogens with two attached hydrogens (primary N) is 1. The highest BCUT2D eigenvalue weighted by atomic mass is 79.9. The van der Waals surface area contributed by atoms with Crippen molar-refractivity contribution in [3.8, 4) is 0 Å². The monoisotopic (exact) mass is 341 g/mol. The van der Waals surface area contributed by atoms with Crippen molar-refractivity contribution in [1.29, 1.82) is 0 Å². The Hall–Kier alpha value is -0.440. The zero-order valence-electron chi connectivity index (χ0n) is 9.05. The van der Waals surface area contributed by atoms with Crippen molar-refractivity contribution in [1.82, 2.24) is 0 Å². The van der Waals surface area contributed by atoms with Gasteiger partial charge in [0.2, 0.25) is 10.0 Å². The lowest BCUT2D eigenvalue weighted by Crippen LogP contribution is -2.14. The first kappa shape index (κ1) is 14.6. The Balaban J connectivity index is 3.45. The Morgan fingerprint density at radius 2 is 1.82 bits per heavy atom. The van der Waals surface area contributed by atoms with Crippen molar-refractivity contribution < 1.29 is 16.8 Å². The molecule has 1 aromatic rings. The number of hydrogen-bond acceptors (Lipinski definition) is 4. The Morgan fingerprint density at radius 1 is 1.24 bits per heavy atom. The molecule has 0 aliphatic rings. The molecule has 0 spiro atoms. The van der Waals surface area contributed by atoms with E-state index in [1.54, 1.807) is 6.92 Å². The molecule has 1 rings (SSSR count). The topological polar surface area (TPSA) is 94.3 Å². The highest BCUT2D eigenvalue weighted by Gasteiger charge is 2.20. The van der Waals surface area contributed by atoms with E-state index < -0.39 is 19.9 Å². The van der Waals surface area contributed by atoms with Gasteiger partial charge in [0.15, 0.2) is 9.84 Å². The van der Waals surface area contributed by atoms with Crippen molar-refractivity contribution in [2.45, 2.75) is 23.1 Å². The van der Waals surface area contributed by atoms with Gasteiger partial charge in [-0.2, -0.15) is 0 Å². The molecule has 0 radical (unpaired) electrons. The van der Waals surface area contributed by atoms with E-state index in [1.807, 2.05) is 0 Å². The number of sulfonamides is 1. The Bertz CT molecular complexity index is 622. The van der Waals surface area contributed by atoms with Crippen LogP contribution in [0.1, 0.15) is 13.3 Å². The average Bonchev–Trinajstić information content (AvgIpc) is 2.15. The molecule has 96 valence electrons. The molecule has 8 heteroatoms. The average molecular weight is 342 g/mol. The number of hydrogen-bond donors (Lipinski definition) is 1. The molecule has 0 atom stereocenters. The van der Waals surface area contributed by atoms with E-state index in [1.165, 1.54) is 12.1 Å².